The molecular formula is C19H16N2O6. The first-order chi connectivity index (χ1) is 13.0. The lowest BCUT2D eigenvalue weighted by Crippen LogP contribution is -2.18. The van der Waals surface area contributed by atoms with Gasteiger partial charge in [0.15, 0.2) is 11.5 Å². The number of rotatable bonds is 5. The van der Waals surface area contributed by atoms with Gasteiger partial charge >= 0.3 is 11.9 Å². The number of nitrogens with one attached hydrogen (secondary N) is 1. The van der Waals surface area contributed by atoms with Gasteiger partial charge in [0.2, 0.25) is 5.82 Å². The summed E-state index contributed by atoms with van der Waals surface area (Å²) in [5.74, 6) is -1.33. The number of nitrogens with zero attached hydrogens (tertiary/aromatic N) is 1. The van der Waals surface area contributed by atoms with Crippen LogP contribution in [-0.2, 0) is 4.74 Å². The lowest BCUT2D eigenvalue weighted by atomic mass is 10.2. The Labute approximate surface area is 153 Å². The van der Waals surface area contributed by atoms with Crippen molar-refractivity contribution >= 4 is 22.8 Å². The van der Waals surface area contributed by atoms with E-state index in [9.17, 15) is 14.4 Å². The van der Waals surface area contributed by atoms with E-state index in [-0.39, 0.29) is 34.8 Å². The number of hydrogen-bond donors (Lipinski definition) is 1. The van der Waals surface area contributed by atoms with Gasteiger partial charge in [-0.3, -0.25) is 4.79 Å². The molecule has 0 aliphatic heterocycles. The Morgan fingerprint density at radius 3 is 2.48 bits per heavy atom. The number of carbonyl (C=O) groups excluding carboxylic acids is 2. The molecule has 0 saturated heterocycles. The number of ether oxygens (including phenoxy) is 3. The first-order valence-corrected chi connectivity index (χ1v) is 8.10. The fourth-order valence-corrected chi connectivity index (χ4v) is 2.42. The number of carbonyl (C=O) groups is 2. The second-order valence-corrected chi connectivity index (χ2v) is 5.41. The number of hydrogen-bond acceptors (Lipinski definition) is 7. The molecule has 0 spiro atoms. The third-order valence-corrected chi connectivity index (χ3v) is 3.67. The number of benzene rings is 2. The van der Waals surface area contributed by atoms with E-state index >= 15 is 0 Å². The van der Waals surface area contributed by atoms with Crippen molar-refractivity contribution in [3.05, 3.63) is 64.2 Å². The molecule has 0 aliphatic carbocycles. The zero-order valence-electron chi connectivity index (χ0n) is 14.6. The second-order valence-electron chi connectivity index (χ2n) is 5.41. The minimum Gasteiger partial charge on any atom is -0.493 e. The quantitative estimate of drug-likeness (QED) is 0.544. The Kier molecular flexibility index (Phi) is 5.16. The largest absolute Gasteiger partial charge is 0.493 e. The van der Waals surface area contributed by atoms with Crippen molar-refractivity contribution in [2.24, 2.45) is 0 Å². The van der Waals surface area contributed by atoms with Gasteiger partial charge in [-0.15, -0.1) is 0 Å². The van der Waals surface area contributed by atoms with Gasteiger partial charge in [-0.2, -0.15) is 0 Å². The average molecular weight is 368 g/mol. The molecule has 0 radical (unpaired) electrons. The first-order valence-electron chi connectivity index (χ1n) is 8.10. The highest BCUT2D eigenvalue weighted by molar-refractivity contribution is 5.93. The van der Waals surface area contributed by atoms with E-state index in [0.29, 0.717) is 5.56 Å². The molecule has 1 N–H and O–H groups in total. The van der Waals surface area contributed by atoms with Gasteiger partial charge in [0, 0.05) is 6.07 Å². The van der Waals surface area contributed by atoms with Crippen LogP contribution in [0.3, 0.4) is 0 Å². The summed E-state index contributed by atoms with van der Waals surface area (Å²) >= 11 is 0. The van der Waals surface area contributed by atoms with Gasteiger partial charge in [0.05, 0.1) is 30.2 Å². The van der Waals surface area contributed by atoms with E-state index in [1.165, 1.54) is 19.2 Å². The molecule has 1 heterocycles. The molecule has 8 nitrogen and oxygen atoms in total. The van der Waals surface area contributed by atoms with E-state index in [4.69, 9.17) is 14.2 Å². The van der Waals surface area contributed by atoms with Crippen LogP contribution < -0.4 is 15.0 Å². The predicted octanol–water partition coefficient (Wildman–Crippen LogP) is 2.33. The van der Waals surface area contributed by atoms with Crippen LogP contribution in [0.25, 0.3) is 10.9 Å². The highest BCUT2D eigenvalue weighted by Gasteiger charge is 2.18. The summed E-state index contributed by atoms with van der Waals surface area (Å²) in [4.78, 5) is 42.9. The summed E-state index contributed by atoms with van der Waals surface area (Å²) < 4.78 is 15.4. The normalized spacial score (nSPS) is 10.4. The Morgan fingerprint density at radius 1 is 1.07 bits per heavy atom. The number of aromatic amines is 1. The lowest BCUT2D eigenvalue weighted by molar-refractivity contribution is 0.0511. The van der Waals surface area contributed by atoms with Gasteiger partial charge in [-0.1, -0.05) is 18.2 Å². The van der Waals surface area contributed by atoms with Crippen LogP contribution in [0.5, 0.6) is 11.5 Å². The number of H-pyrrole nitrogens is 1. The molecule has 2 aromatic carbocycles. The van der Waals surface area contributed by atoms with Crippen LogP contribution in [0.4, 0.5) is 0 Å². The molecule has 0 fully saturated rings. The molecule has 0 amide bonds. The monoisotopic (exact) mass is 368 g/mol. The zero-order chi connectivity index (χ0) is 19.4. The van der Waals surface area contributed by atoms with Crippen LogP contribution in [0.15, 0.2) is 47.3 Å². The first kappa shape index (κ1) is 18.1. The van der Waals surface area contributed by atoms with Gasteiger partial charge < -0.3 is 19.2 Å². The highest BCUT2D eigenvalue weighted by Crippen LogP contribution is 2.31. The lowest BCUT2D eigenvalue weighted by Gasteiger charge is -2.11. The van der Waals surface area contributed by atoms with Crippen molar-refractivity contribution in [3.8, 4) is 11.5 Å². The van der Waals surface area contributed by atoms with E-state index < -0.39 is 17.5 Å². The fraction of sp³-hybridized carbons (Fsp3) is 0.158. The van der Waals surface area contributed by atoms with Crippen molar-refractivity contribution in [2.75, 3.05) is 13.7 Å². The molecule has 0 unspecified atom stereocenters. The van der Waals surface area contributed by atoms with Crippen LogP contribution in [0.1, 0.15) is 27.9 Å². The second kappa shape index (κ2) is 7.69. The Morgan fingerprint density at radius 2 is 1.81 bits per heavy atom. The molecular weight excluding hydrogens is 352 g/mol. The molecule has 8 heteroatoms. The van der Waals surface area contributed by atoms with Crippen molar-refractivity contribution < 1.29 is 23.8 Å². The van der Waals surface area contributed by atoms with Gasteiger partial charge in [0.25, 0.3) is 5.56 Å². The molecule has 0 aliphatic rings. The van der Waals surface area contributed by atoms with Crippen LogP contribution >= 0.6 is 0 Å². The minimum atomic E-state index is -0.754. The van der Waals surface area contributed by atoms with Crippen molar-refractivity contribution in [1.29, 1.82) is 0 Å². The maximum atomic E-state index is 12.3. The Hall–Kier alpha value is -3.68. The summed E-state index contributed by atoms with van der Waals surface area (Å²) in [6.45, 7) is 1.78. The molecule has 3 aromatic rings. The van der Waals surface area contributed by atoms with Gasteiger partial charge in [0.1, 0.15) is 0 Å². The van der Waals surface area contributed by atoms with Gasteiger partial charge in [-0.25, -0.2) is 14.6 Å². The number of methoxy groups -OCH3 is 1. The van der Waals surface area contributed by atoms with Crippen molar-refractivity contribution in [2.45, 2.75) is 6.92 Å². The van der Waals surface area contributed by atoms with Crippen LogP contribution in [0, 0.1) is 0 Å². The maximum Gasteiger partial charge on any atom is 0.374 e. The van der Waals surface area contributed by atoms with Crippen molar-refractivity contribution in [1.82, 2.24) is 9.97 Å². The van der Waals surface area contributed by atoms with Crippen LogP contribution in [0.2, 0.25) is 0 Å². The molecule has 0 bridgehead atoms. The maximum absolute atomic E-state index is 12.3. The Balaban J connectivity index is 2.05. The van der Waals surface area contributed by atoms with Gasteiger partial charge in [-0.05, 0) is 25.1 Å². The summed E-state index contributed by atoms with van der Waals surface area (Å²) in [6.07, 6.45) is 0. The molecule has 0 atom stereocenters. The summed E-state index contributed by atoms with van der Waals surface area (Å²) in [5.41, 5.74) is -0.0218. The Bertz CT molecular complexity index is 1060. The minimum absolute atomic E-state index is 0.0757. The van der Waals surface area contributed by atoms with E-state index in [1.807, 2.05) is 0 Å². The molecule has 27 heavy (non-hydrogen) atoms. The number of fused-ring (bicyclic) bond motifs is 1. The molecule has 3 rings (SSSR count). The van der Waals surface area contributed by atoms with Crippen LogP contribution in [-0.4, -0.2) is 35.6 Å². The zero-order valence-corrected chi connectivity index (χ0v) is 14.6. The highest BCUT2D eigenvalue weighted by atomic mass is 16.6. The summed E-state index contributed by atoms with van der Waals surface area (Å²) in [5, 5.41) is 0.180. The molecule has 138 valence electrons. The van der Waals surface area contributed by atoms with E-state index in [1.54, 1.807) is 37.3 Å². The summed E-state index contributed by atoms with van der Waals surface area (Å²) in [7, 11) is 1.38. The fourth-order valence-electron chi connectivity index (χ4n) is 2.42. The number of aromatic nitrogens is 2. The topological polar surface area (TPSA) is 108 Å². The number of esters is 2. The van der Waals surface area contributed by atoms with E-state index in [0.717, 1.165) is 0 Å². The van der Waals surface area contributed by atoms with Crippen molar-refractivity contribution in [3.63, 3.8) is 0 Å². The average Bonchev–Trinajstić information content (AvgIpc) is 2.68. The van der Waals surface area contributed by atoms with E-state index in [2.05, 4.69) is 9.97 Å². The predicted molar refractivity (Wildman–Crippen MR) is 96.3 cm³/mol. The standard InChI is InChI=1S/C19H16N2O6/c1-3-26-19(24)16-20-13-10-15(14(25-2)9-12(13)17(22)21-16)27-18(23)11-7-5-4-6-8-11/h4-10H,3H2,1-2H3,(H,20,21,22). The third-order valence-electron chi connectivity index (χ3n) is 3.67. The summed E-state index contributed by atoms with van der Waals surface area (Å²) in [6, 6.07) is 11.2. The molecule has 0 saturated carbocycles. The molecule has 1 aromatic heterocycles. The SMILES string of the molecule is CCOC(=O)c1nc2cc(OC(=O)c3ccccc3)c(OC)cc2c(=O)[nH]1. The smallest absolute Gasteiger partial charge is 0.374 e. The third kappa shape index (κ3) is 3.79.